The Bertz CT molecular complexity index is 1050. The van der Waals surface area contributed by atoms with E-state index in [1.54, 1.807) is 60.7 Å². The van der Waals surface area contributed by atoms with Crippen molar-refractivity contribution in [2.75, 3.05) is 0 Å². The molecule has 3 rings (SSSR count). The maximum absolute atomic E-state index is 12.6. The van der Waals surface area contributed by atoms with E-state index in [1.165, 1.54) is 0 Å². The van der Waals surface area contributed by atoms with Gasteiger partial charge in [-0.3, -0.25) is 14.9 Å². The number of hydrogen-bond donors (Lipinski definition) is 2. The van der Waals surface area contributed by atoms with Gasteiger partial charge in [0, 0.05) is 17.7 Å². The molecule has 9 nitrogen and oxygen atoms in total. The smallest absolute Gasteiger partial charge is 0.323 e. The Kier molecular flexibility index (Phi) is 7.17. The number of para-hydroxylation sites is 2. The van der Waals surface area contributed by atoms with E-state index in [0.29, 0.717) is 11.5 Å². The van der Waals surface area contributed by atoms with Gasteiger partial charge in [-0.15, -0.1) is 0 Å². The maximum atomic E-state index is 12.6. The summed E-state index contributed by atoms with van der Waals surface area (Å²) in [5, 5.41) is 24.8. The Morgan fingerprint density at radius 2 is 1.61 bits per heavy atom. The van der Waals surface area contributed by atoms with Crippen molar-refractivity contribution in [1.82, 2.24) is 5.43 Å². The van der Waals surface area contributed by atoms with Crippen LogP contribution in [0, 0.1) is 10.1 Å². The first kappa shape index (κ1) is 21.8. The Hall–Kier alpha value is -3.92. The summed E-state index contributed by atoms with van der Waals surface area (Å²) in [4.78, 5) is 23.0. The number of nitro groups is 1. The summed E-state index contributed by atoms with van der Waals surface area (Å²) in [7, 11) is 0. The van der Waals surface area contributed by atoms with Gasteiger partial charge in [0.15, 0.2) is 0 Å². The van der Waals surface area contributed by atoms with Crippen LogP contribution in [0.15, 0.2) is 82.4 Å². The number of phenolic OH excluding ortho intramolecular Hbond substituents is 1. The summed E-state index contributed by atoms with van der Waals surface area (Å²) in [5.41, 5.74) is 2.03. The number of nitrogens with zero attached hydrogens (tertiary/aromatic N) is 2. The van der Waals surface area contributed by atoms with Crippen molar-refractivity contribution in [3.05, 3.63) is 92.9 Å². The molecule has 2 N–H and O–H groups in total. The zero-order chi connectivity index (χ0) is 22.2. The van der Waals surface area contributed by atoms with Gasteiger partial charge in [0.1, 0.15) is 17.2 Å². The third-order valence-corrected chi connectivity index (χ3v) is 4.46. The summed E-state index contributed by atoms with van der Waals surface area (Å²) >= 11 is 3.04. The van der Waals surface area contributed by atoms with Crippen LogP contribution in [0.3, 0.4) is 0 Å². The topological polar surface area (TPSA) is 123 Å². The van der Waals surface area contributed by atoms with Crippen molar-refractivity contribution in [1.29, 1.82) is 0 Å². The number of aromatic hydroxyl groups is 1. The van der Waals surface area contributed by atoms with Crippen molar-refractivity contribution in [2.24, 2.45) is 5.10 Å². The molecule has 3 aromatic carbocycles. The number of hydrogen-bond acceptors (Lipinski definition) is 7. The van der Waals surface area contributed by atoms with Crippen LogP contribution in [0.4, 0.5) is 5.69 Å². The zero-order valence-corrected chi connectivity index (χ0v) is 17.4. The van der Waals surface area contributed by atoms with E-state index in [0.717, 1.165) is 18.3 Å². The molecule has 0 bridgehead atoms. The van der Waals surface area contributed by atoms with Gasteiger partial charge in [0.25, 0.3) is 5.69 Å². The average molecular weight is 486 g/mol. The first-order chi connectivity index (χ1) is 14.9. The fourth-order valence-electron chi connectivity index (χ4n) is 2.40. The highest BCUT2D eigenvalue weighted by molar-refractivity contribution is 9.10. The van der Waals surface area contributed by atoms with E-state index in [9.17, 15) is 20.0 Å². The summed E-state index contributed by atoms with van der Waals surface area (Å²) in [6.07, 6.45) is -0.292. The highest BCUT2D eigenvalue weighted by Gasteiger charge is 2.22. The standard InChI is InChI=1S/C21H16BrN3O6/c22-18-12-15(25(28)29)11-14(19(18)26)13-23-24-20(27)21(30-16-7-3-1-4-8-16)31-17-9-5-2-6-10-17/h1-13,21,26H,(H,24,27)/b23-13+. The maximum Gasteiger partial charge on any atom is 0.323 e. The van der Waals surface area contributed by atoms with Crippen LogP contribution in [-0.4, -0.2) is 28.4 Å². The average Bonchev–Trinajstić information content (AvgIpc) is 2.77. The summed E-state index contributed by atoms with van der Waals surface area (Å²) in [6.45, 7) is 0. The lowest BCUT2D eigenvalue weighted by molar-refractivity contribution is -0.385. The van der Waals surface area contributed by atoms with E-state index in [2.05, 4.69) is 26.5 Å². The monoisotopic (exact) mass is 485 g/mol. The number of carbonyl (C=O) groups is 1. The highest BCUT2D eigenvalue weighted by atomic mass is 79.9. The molecule has 0 unspecified atom stereocenters. The number of phenols is 1. The second-order valence-electron chi connectivity index (χ2n) is 6.05. The van der Waals surface area contributed by atoms with Crippen molar-refractivity contribution >= 4 is 33.7 Å². The van der Waals surface area contributed by atoms with E-state index >= 15 is 0 Å². The number of hydrazone groups is 1. The molecule has 0 radical (unpaired) electrons. The quantitative estimate of drug-likeness (QED) is 0.215. The summed E-state index contributed by atoms with van der Waals surface area (Å²) in [6, 6.07) is 19.5. The second-order valence-corrected chi connectivity index (χ2v) is 6.90. The fraction of sp³-hybridized carbons (Fsp3) is 0.0476. The molecule has 0 aliphatic rings. The Balaban J connectivity index is 1.76. The molecule has 0 aliphatic heterocycles. The van der Waals surface area contributed by atoms with E-state index in [4.69, 9.17) is 9.47 Å². The van der Waals surface area contributed by atoms with Gasteiger partial charge in [-0.05, 0) is 40.2 Å². The lowest BCUT2D eigenvalue weighted by Gasteiger charge is -2.18. The van der Waals surface area contributed by atoms with Crippen molar-refractivity contribution < 1.29 is 24.3 Å². The zero-order valence-electron chi connectivity index (χ0n) is 15.8. The van der Waals surface area contributed by atoms with Crippen LogP contribution in [0.2, 0.25) is 0 Å². The highest BCUT2D eigenvalue weighted by Crippen LogP contribution is 2.31. The number of halogens is 1. The first-order valence-electron chi connectivity index (χ1n) is 8.87. The molecular weight excluding hydrogens is 470 g/mol. The normalized spacial score (nSPS) is 10.8. The van der Waals surface area contributed by atoms with Gasteiger partial charge in [-0.25, -0.2) is 5.43 Å². The molecule has 0 spiro atoms. The fourth-order valence-corrected chi connectivity index (χ4v) is 2.87. The van der Waals surface area contributed by atoms with Crippen molar-refractivity contribution in [3.8, 4) is 17.2 Å². The lowest BCUT2D eigenvalue weighted by atomic mass is 10.2. The molecule has 1 amide bonds. The lowest BCUT2D eigenvalue weighted by Crippen LogP contribution is -2.40. The minimum Gasteiger partial charge on any atom is -0.506 e. The molecule has 0 aromatic heterocycles. The van der Waals surface area contributed by atoms with Gasteiger partial charge in [0.2, 0.25) is 0 Å². The molecule has 0 fully saturated rings. The number of nitrogens with one attached hydrogen (secondary N) is 1. The van der Waals surface area contributed by atoms with Crippen LogP contribution in [0.1, 0.15) is 5.56 Å². The minimum atomic E-state index is -1.37. The molecule has 0 atom stereocenters. The summed E-state index contributed by atoms with van der Waals surface area (Å²) in [5.74, 6) is -0.181. The number of ether oxygens (including phenoxy) is 2. The van der Waals surface area contributed by atoms with Crippen molar-refractivity contribution in [2.45, 2.75) is 6.29 Å². The molecular formula is C21H16BrN3O6. The number of carbonyl (C=O) groups excluding carboxylic acids is 1. The number of non-ortho nitro benzene ring substituents is 1. The first-order valence-corrected chi connectivity index (χ1v) is 9.66. The molecule has 0 saturated carbocycles. The van der Waals surface area contributed by atoms with E-state index in [-0.39, 0.29) is 21.5 Å². The Morgan fingerprint density at radius 1 is 1.06 bits per heavy atom. The number of amides is 1. The third-order valence-electron chi connectivity index (χ3n) is 3.85. The number of rotatable bonds is 8. The molecule has 0 aliphatic carbocycles. The van der Waals surface area contributed by atoms with Crippen molar-refractivity contribution in [3.63, 3.8) is 0 Å². The number of benzene rings is 3. The minimum absolute atomic E-state index is 0.0332. The largest absolute Gasteiger partial charge is 0.506 e. The second kappa shape index (κ2) is 10.2. The number of nitro benzene ring substituents is 1. The van der Waals surface area contributed by atoms with Gasteiger partial charge >= 0.3 is 12.2 Å². The van der Waals surface area contributed by atoms with E-state index in [1.807, 2.05) is 0 Å². The van der Waals surface area contributed by atoms with Crippen LogP contribution in [0.5, 0.6) is 17.2 Å². The summed E-state index contributed by atoms with van der Waals surface area (Å²) < 4.78 is 11.4. The predicted octanol–water partition coefficient (Wildman–Crippen LogP) is 4.00. The van der Waals surface area contributed by atoms with Crippen LogP contribution >= 0.6 is 15.9 Å². The van der Waals surface area contributed by atoms with E-state index < -0.39 is 17.1 Å². The predicted molar refractivity (Wildman–Crippen MR) is 116 cm³/mol. The molecule has 3 aromatic rings. The molecule has 0 saturated heterocycles. The third kappa shape index (κ3) is 6.03. The van der Waals surface area contributed by atoms with Gasteiger partial charge in [-0.2, -0.15) is 5.10 Å². The Morgan fingerprint density at radius 3 is 2.13 bits per heavy atom. The molecule has 31 heavy (non-hydrogen) atoms. The van der Waals surface area contributed by atoms with Gasteiger partial charge in [0.05, 0.1) is 15.6 Å². The molecule has 0 heterocycles. The molecule has 10 heteroatoms. The van der Waals surface area contributed by atoms with Crippen LogP contribution in [0.25, 0.3) is 0 Å². The van der Waals surface area contributed by atoms with Gasteiger partial charge in [-0.1, -0.05) is 36.4 Å². The molecule has 158 valence electrons. The van der Waals surface area contributed by atoms with Gasteiger partial charge < -0.3 is 14.6 Å². The van der Waals surface area contributed by atoms with Crippen LogP contribution < -0.4 is 14.9 Å². The SMILES string of the molecule is O=C(N/N=C/c1cc([N+](=O)[O-])cc(Br)c1O)C(Oc1ccccc1)Oc1ccccc1. The Labute approximate surface area is 185 Å². The van der Waals surface area contributed by atoms with Crippen LogP contribution in [-0.2, 0) is 4.79 Å².